The first-order valence-electron chi connectivity index (χ1n) is 6.55. The van der Waals surface area contributed by atoms with Crippen molar-refractivity contribution >= 4 is 10.9 Å². The second kappa shape index (κ2) is 5.07. The van der Waals surface area contributed by atoms with Gasteiger partial charge in [-0.05, 0) is 57.9 Å². The van der Waals surface area contributed by atoms with Crippen LogP contribution in [-0.4, -0.2) is 17.1 Å². The van der Waals surface area contributed by atoms with E-state index in [-0.39, 0.29) is 5.54 Å². The molecule has 2 rings (SSSR count). The molecule has 0 spiro atoms. The standard InChI is InChI=1S/C16H22N2/c1-12-8-10-17-15-13(6-5-7-14(12)15)9-11-18-16(2,3)4/h5-8,10,18H,9,11H2,1-4H3. The average Bonchev–Trinajstić information content (AvgIpc) is 2.29. The Bertz CT molecular complexity index is 538. The van der Waals surface area contributed by atoms with Crippen molar-refractivity contribution in [3.63, 3.8) is 0 Å². The summed E-state index contributed by atoms with van der Waals surface area (Å²) < 4.78 is 0. The molecule has 0 aliphatic rings. The molecule has 2 aromatic rings. The third-order valence-corrected chi connectivity index (χ3v) is 3.12. The lowest BCUT2D eigenvalue weighted by molar-refractivity contribution is 0.430. The van der Waals surface area contributed by atoms with Crippen molar-refractivity contribution in [2.24, 2.45) is 0 Å². The van der Waals surface area contributed by atoms with Crippen LogP contribution in [0.3, 0.4) is 0 Å². The smallest absolute Gasteiger partial charge is 0.0737 e. The lowest BCUT2D eigenvalue weighted by Crippen LogP contribution is -2.37. The van der Waals surface area contributed by atoms with E-state index >= 15 is 0 Å². The highest BCUT2D eigenvalue weighted by Crippen LogP contribution is 2.19. The fourth-order valence-electron chi connectivity index (χ4n) is 2.15. The maximum absolute atomic E-state index is 4.53. The number of aromatic nitrogens is 1. The summed E-state index contributed by atoms with van der Waals surface area (Å²) in [6, 6.07) is 8.53. The monoisotopic (exact) mass is 242 g/mol. The van der Waals surface area contributed by atoms with Gasteiger partial charge in [-0.25, -0.2) is 0 Å². The zero-order chi connectivity index (χ0) is 13.2. The highest BCUT2D eigenvalue weighted by atomic mass is 14.9. The van der Waals surface area contributed by atoms with Crippen LogP contribution in [-0.2, 0) is 6.42 Å². The first-order chi connectivity index (χ1) is 8.47. The molecule has 2 nitrogen and oxygen atoms in total. The molecular formula is C16H22N2. The van der Waals surface area contributed by atoms with Crippen molar-refractivity contribution in [1.29, 1.82) is 0 Å². The van der Waals surface area contributed by atoms with Gasteiger partial charge < -0.3 is 5.32 Å². The molecule has 96 valence electrons. The van der Waals surface area contributed by atoms with Gasteiger partial charge in [0.15, 0.2) is 0 Å². The van der Waals surface area contributed by atoms with Gasteiger partial charge in [0.2, 0.25) is 0 Å². The molecule has 0 saturated carbocycles. The predicted octanol–water partition coefficient (Wildman–Crippen LogP) is 3.47. The molecule has 0 amide bonds. The zero-order valence-corrected chi connectivity index (χ0v) is 11.7. The van der Waals surface area contributed by atoms with Gasteiger partial charge in [-0.15, -0.1) is 0 Å². The lowest BCUT2D eigenvalue weighted by Gasteiger charge is -2.20. The molecule has 0 aliphatic carbocycles. The van der Waals surface area contributed by atoms with Crippen LogP contribution in [0.5, 0.6) is 0 Å². The minimum atomic E-state index is 0.175. The molecule has 1 aromatic heterocycles. The van der Waals surface area contributed by atoms with Gasteiger partial charge in [0.1, 0.15) is 0 Å². The quantitative estimate of drug-likeness (QED) is 0.891. The summed E-state index contributed by atoms with van der Waals surface area (Å²) in [5, 5.41) is 4.79. The molecule has 18 heavy (non-hydrogen) atoms. The van der Waals surface area contributed by atoms with E-state index in [2.05, 4.69) is 62.3 Å². The minimum absolute atomic E-state index is 0.175. The van der Waals surface area contributed by atoms with Gasteiger partial charge >= 0.3 is 0 Å². The molecular weight excluding hydrogens is 220 g/mol. The summed E-state index contributed by atoms with van der Waals surface area (Å²) in [5.74, 6) is 0. The summed E-state index contributed by atoms with van der Waals surface area (Å²) in [6.45, 7) is 9.70. The van der Waals surface area contributed by atoms with Crippen LogP contribution in [0.15, 0.2) is 30.5 Å². The van der Waals surface area contributed by atoms with E-state index in [1.165, 1.54) is 16.5 Å². The Kier molecular flexibility index (Phi) is 3.67. The Morgan fingerprint density at radius 1 is 1.17 bits per heavy atom. The van der Waals surface area contributed by atoms with E-state index in [1.807, 2.05) is 6.20 Å². The second-order valence-corrected chi connectivity index (χ2v) is 5.87. The highest BCUT2D eigenvalue weighted by Gasteiger charge is 2.09. The normalized spacial score (nSPS) is 12.0. The number of pyridine rings is 1. The molecule has 0 radical (unpaired) electrons. The van der Waals surface area contributed by atoms with Gasteiger partial charge in [0, 0.05) is 17.1 Å². The summed E-state index contributed by atoms with van der Waals surface area (Å²) in [7, 11) is 0. The Morgan fingerprint density at radius 3 is 2.67 bits per heavy atom. The van der Waals surface area contributed by atoms with E-state index in [1.54, 1.807) is 0 Å². The van der Waals surface area contributed by atoms with Crippen LogP contribution >= 0.6 is 0 Å². The van der Waals surface area contributed by atoms with Gasteiger partial charge in [-0.3, -0.25) is 4.98 Å². The van der Waals surface area contributed by atoms with Gasteiger partial charge in [0.05, 0.1) is 5.52 Å². The third-order valence-electron chi connectivity index (χ3n) is 3.12. The maximum atomic E-state index is 4.53. The predicted molar refractivity (Wildman–Crippen MR) is 77.9 cm³/mol. The SMILES string of the molecule is Cc1ccnc2c(CCNC(C)(C)C)cccc12. The van der Waals surface area contributed by atoms with Crippen LogP contribution < -0.4 is 5.32 Å². The number of hydrogen-bond donors (Lipinski definition) is 1. The highest BCUT2D eigenvalue weighted by molar-refractivity contribution is 5.84. The first-order valence-corrected chi connectivity index (χ1v) is 6.55. The van der Waals surface area contributed by atoms with Crippen molar-refractivity contribution < 1.29 is 0 Å². The molecule has 0 atom stereocenters. The van der Waals surface area contributed by atoms with Crippen LogP contribution in [0.2, 0.25) is 0 Å². The topological polar surface area (TPSA) is 24.9 Å². The van der Waals surface area contributed by atoms with Gasteiger partial charge in [0.25, 0.3) is 0 Å². The number of nitrogens with one attached hydrogen (secondary N) is 1. The molecule has 1 heterocycles. The first kappa shape index (κ1) is 13.0. The van der Waals surface area contributed by atoms with E-state index < -0.39 is 0 Å². The third kappa shape index (κ3) is 3.08. The number of nitrogens with zero attached hydrogens (tertiary/aromatic N) is 1. The Hall–Kier alpha value is -1.41. The van der Waals surface area contributed by atoms with Crippen molar-refractivity contribution in [3.05, 3.63) is 41.6 Å². The maximum Gasteiger partial charge on any atom is 0.0737 e. The number of aryl methyl sites for hydroxylation is 1. The van der Waals surface area contributed by atoms with Crippen molar-refractivity contribution in [3.8, 4) is 0 Å². The summed E-state index contributed by atoms with van der Waals surface area (Å²) in [5.41, 5.74) is 3.94. The van der Waals surface area contributed by atoms with Crippen molar-refractivity contribution in [1.82, 2.24) is 10.3 Å². The number of fused-ring (bicyclic) bond motifs is 1. The lowest BCUT2D eigenvalue weighted by atomic mass is 10.0. The molecule has 0 fully saturated rings. The van der Waals surface area contributed by atoms with Gasteiger partial charge in [-0.1, -0.05) is 18.2 Å². The molecule has 2 heteroatoms. The molecule has 0 saturated heterocycles. The van der Waals surface area contributed by atoms with E-state index in [0.717, 1.165) is 18.5 Å². The number of benzene rings is 1. The second-order valence-electron chi connectivity index (χ2n) is 5.87. The molecule has 0 unspecified atom stereocenters. The zero-order valence-electron chi connectivity index (χ0n) is 11.7. The van der Waals surface area contributed by atoms with Crippen LogP contribution in [0.4, 0.5) is 0 Å². The minimum Gasteiger partial charge on any atom is -0.312 e. The molecule has 1 aromatic carbocycles. The summed E-state index contributed by atoms with van der Waals surface area (Å²) in [6.07, 6.45) is 2.92. The van der Waals surface area contributed by atoms with Crippen molar-refractivity contribution in [2.75, 3.05) is 6.54 Å². The van der Waals surface area contributed by atoms with Crippen LogP contribution in [0, 0.1) is 6.92 Å². The van der Waals surface area contributed by atoms with Crippen LogP contribution in [0.1, 0.15) is 31.9 Å². The van der Waals surface area contributed by atoms with Crippen molar-refractivity contribution in [2.45, 2.75) is 39.7 Å². The Morgan fingerprint density at radius 2 is 1.94 bits per heavy atom. The van der Waals surface area contributed by atoms with E-state index in [4.69, 9.17) is 0 Å². The molecule has 1 N–H and O–H groups in total. The fraction of sp³-hybridized carbons (Fsp3) is 0.438. The molecule has 0 aliphatic heterocycles. The number of rotatable bonds is 3. The molecule has 0 bridgehead atoms. The summed E-state index contributed by atoms with van der Waals surface area (Å²) >= 11 is 0. The Labute approximate surface area is 109 Å². The average molecular weight is 242 g/mol. The largest absolute Gasteiger partial charge is 0.312 e. The van der Waals surface area contributed by atoms with E-state index in [9.17, 15) is 0 Å². The van der Waals surface area contributed by atoms with Gasteiger partial charge in [-0.2, -0.15) is 0 Å². The fourth-order valence-corrected chi connectivity index (χ4v) is 2.15. The van der Waals surface area contributed by atoms with Crippen LogP contribution in [0.25, 0.3) is 10.9 Å². The van der Waals surface area contributed by atoms with E-state index in [0.29, 0.717) is 0 Å². The number of para-hydroxylation sites is 1. The Balaban J connectivity index is 2.21. The number of hydrogen-bond acceptors (Lipinski definition) is 2. The summed E-state index contributed by atoms with van der Waals surface area (Å²) in [4.78, 5) is 4.53.